The first-order valence-electron chi connectivity index (χ1n) is 15.2. The molecule has 0 radical (unpaired) electrons. The Morgan fingerprint density at radius 1 is 0.976 bits per heavy atom. The third-order valence-corrected chi connectivity index (χ3v) is 9.27. The van der Waals surface area contributed by atoms with Crippen molar-refractivity contribution < 1.29 is 18.8 Å². The zero-order valence-corrected chi connectivity index (χ0v) is 24.4. The van der Waals surface area contributed by atoms with E-state index in [2.05, 4.69) is 29.8 Å². The molecule has 0 spiro atoms. The Morgan fingerprint density at radius 2 is 1.69 bits per heavy atom. The molecule has 9 heteroatoms. The standard InChI is InChI=1S/C33H40FN5O3/c1-33(2)17-28-30(25-10-4-21(34)16-27(25)39(28)29(40)18-33)20-3-9-24(31(35)41)26(15-20)37-22-5-7-23(8-6-22)38-32(42)19-11-13-36-14-12-19/h3-4,9-10,15-16,19,22-23,36-37H,5-8,11-14,17-18H2,1-2H3,(H2,35,41)(H,38,42). The number of halogens is 1. The number of carbonyl (C=O) groups excluding carboxylic acids is 3. The molecule has 3 aromatic rings. The van der Waals surface area contributed by atoms with E-state index in [1.807, 2.05) is 12.1 Å². The quantitative estimate of drug-likeness (QED) is 0.331. The number of piperidine rings is 1. The zero-order chi connectivity index (χ0) is 29.6. The van der Waals surface area contributed by atoms with Crippen molar-refractivity contribution in [3.63, 3.8) is 0 Å². The number of nitrogens with two attached hydrogens (primary N) is 1. The number of nitrogens with zero attached hydrogens (tertiary/aromatic N) is 1. The Kier molecular flexibility index (Phi) is 7.55. The molecule has 5 N–H and O–H groups in total. The average Bonchev–Trinajstić information content (AvgIpc) is 3.26. The summed E-state index contributed by atoms with van der Waals surface area (Å²) >= 11 is 0. The van der Waals surface area contributed by atoms with E-state index < -0.39 is 5.91 Å². The van der Waals surface area contributed by atoms with Crippen molar-refractivity contribution in [3.8, 4) is 11.1 Å². The minimum absolute atomic E-state index is 0.0424. The number of aromatic nitrogens is 1. The van der Waals surface area contributed by atoms with Gasteiger partial charge in [0.15, 0.2) is 0 Å². The Morgan fingerprint density at radius 3 is 2.40 bits per heavy atom. The second-order valence-electron chi connectivity index (χ2n) is 13.1. The Hall–Kier alpha value is -3.72. The normalized spacial score (nSPS) is 22.5. The van der Waals surface area contributed by atoms with Gasteiger partial charge in [0.05, 0.1) is 11.1 Å². The third-order valence-electron chi connectivity index (χ3n) is 9.27. The minimum atomic E-state index is -0.519. The Bertz CT molecular complexity index is 1550. The Balaban J connectivity index is 1.27. The lowest BCUT2D eigenvalue weighted by Gasteiger charge is -2.32. The summed E-state index contributed by atoms with van der Waals surface area (Å²) < 4.78 is 16.0. The van der Waals surface area contributed by atoms with Gasteiger partial charge in [0.1, 0.15) is 5.82 Å². The topological polar surface area (TPSA) is 118 Å². The van der Waals surface area contributed by atoms with E-state index in [1.165, 1.54) is 12.1 Å². The van der Waals surface area contributed by atoms with Gasteiger partial charge >= 0.3 is 0 Å². The number of hydrogen-bond acceptors (Lipinski definition) is 5. The number of nitrogens with one attached hydrogen (secondary N) is 3. The van der Waals surface area contributed by atoms with Crippen LogP contribution in [0.4, 0.5) is 10.1 Å². The van der Waals surface area contributed by atoms with E-state index in [1.54, 1.807) is 16.7 Å². The monoisotopic (exact) mass is 573 g/mol. The molecule has 0 atom stereocenters. The second-order valence-corrected chi connectivity index (χ2v) is 13.1. The highest BCUT2D eigenvalue weighted by atomic mass is 19.1. The van der Waals surface area contributed by atoms with Crippen molar-refractivity contribution in [2.45, 2.75) is 77.3 Å². The molecule has 2 aromatic carbocycles. The van der Waals surface area contributed by atoms with Crippen molar-refractivity contribution in [2.75, 3.05) is 18.4 Å². The van der Waals surface area contributed by atoms with E-state index >= 15 is 0 Å². The van der Waals surface area contributed by atoms with Crippen LogP contribution in [0.1, 0.15) is 79.6 Å². The molecule has 2 fully saturated rings. The predicted octanol–water partition coefficient (Wildman–Crippen LogP) is 5.00. The van der Waals surface area contributed by atoms with Crippen LogP contribution in [-0.2, 0) is 11.2 Å². The number of rotatable bonds is 6. The van der Waals surface area contributed by atoms with Crippen LogP contribution in [0.15, 0.2) is 36.4 Å². The lowest BCUT2D eigenvalue weighted by molar-refractivity contribution is -0.126. The zero-order valence-electron chi connectivity index (χ0n) is 24.4. The number of carbonyl (C=O) groups is 3. The maximum atomic E-state index is 14.3. The highest BCUT2D eigenvalue weighted by molar-refractivity contribution is 6.06. The number of fused-ring (bicyclic) bond motifs is 3. The van der Waals surface area contributed by atoms with Crippen molar-refractivity contribution in [1.29, 1.82) is 0 Å². The van der Waals surface area contributed by atoms with Crippen LogP contribution in [0, 0.1) is 17.2 Å². The van der Waals surface area contributed by atoms with Gasteiger partial charge in [-0.2, -0.15) is 0 Å². The van der Waals surface area contributed by atoms with E-state index in [4.69, 9.17) is 5.73 Å². The molecule has 0 unspecified atom stereocenters. The first kappa shape index (κ1) is 28.4. The van der Waals surface area contributed by atoms with Crippen LogP contribution >= 0.6 is 0 Å². The summed E-state index contributed by atoms with van der Waals surface area (Å²) in [5.74, 6) is -0.688. The number of amides is 2. The van der Waals surface area contributed by atoms with E-state index in [9.17, 15) is 18.8 Å². The van der Waals surface area contributed by atoms with Gasteiger partial charge in [-0.15, -0.1) is 0 Å². The summed E-state index contributed by atoms with van der Waals surface area (Å²) in [5.41, 5.74) is 9.77. The first-order valence-corrected chi connectivity index (χ1v) is 15.2. The van der Waals surface area contributed by atoms with E-state index in [0.717, 1.165) is 73.8 Å². The van der Waals surface area contributed by atoms with Crippen LogP contribution in [0.2, 0.25) is 0 Å². The largest absolute Gasteiger partial charge is 0.382 e. The van der Waals surface area contributed by atoms with Gasteiger partial charge in [-0.1, -0.05) is 19.9 Å². The maximum absolute atomic E-state index is 14.3. The average molecular weight is 574 g/mol. The lowest BCUT2D eigenvalue weighted by atomic mass is 9.80. The highest BCUT2D eigenvalue weighted by Crippen LogP contribution is 2.43. The molecule has 6 rings (SSSR count). The predicted molar refractivity (Wildman–Crippen MR) is 162 cm³/mol. The highest BCUT2D eigenvalue weighted by Gasteiger charge is 2.35. The fourth-order valence-electron chi connectivity index (χ4n) is 7.13. The summed E-state index contributed by atoms with van der Waals surface area (Å²) in [5, 5.41) is 11.0. The molecule has 1 saturated heterocycles. The summed E-state index contributed by atoms with van der Waals surface area (Å²) in [6.45, 7) is 5.93. The van der Waals surface area contributed by atoms with Gasteiger partial charge in [-0.05, 0) is 99.3 Å². The molecule has 42 heavy (non-hydrogen) atoms. The lowest BCUT2D eigenvalue weighted by Crippen LogP contribution is -2.45. The van der Waals surface area contributed by atoms with Crippen LogP contribution in [0.3, 0.4) is 0 Å². The van der Waals surface area contributed by atoms with E-state index in [0.29, 0.717) is 29.6 Å². The molecule has 3 heterocycles. The van der Waals surface area contributed by atoms with E-state index in [-0.39, 0.29) is 41.0 Å². The second kappa shape index (κ2) is 11.2. The fourth-order valence-corrected chi connectivity index (χ4v) is 7.13. The van der Waals surface area contributed by atoms with Gasteiger partial charge in [0.2, 0.25) is 11.8 Å². The van der Waals surface area contributed by atoms with Crippen molar-refractivity contribution >= 4 is 34.3 Å². The van der Waals surface area contributed by atoms with Crippen molar-refractivity contribution in [3.05, 3.63) is 53.5 Å². The van der Waals surface area contributed by atoms with Crippen LogP contribution < -0.4 is 21.7 Å². The molecule has 1 aromatic heterocycles. The van der Waals surface area contributed by atoms with Crippen LogP contribution in [0.25, 0.3) is 22.0 Å². The molecule has 2 aliphatic heterocycles. The van der Waals surface area contributed by atoms with Gasteiger partial charge < -0.3 is 21.7 Å². The maximum Gasteiger partial charge on any atom is 0.250 e. The number of primary amides is 1. The molecular formula is C33H40FN5O3. The molecular weight excluding hydrogens is 533 g/mol. The first-order chi connectivity index (χ1) is 20.1. The summed E-state index contributed by atoms with van der Waals surface area (Å²) in [7, 11) is 0. The molecule has 2 amide bonds. The van der Waals surface area contributed by atoms with Gasteiger partial charge in [-0.3, -0.25) is 19.0 Å². The van der Waals surface area contributed by atoms with Crippen molar-refractivity contribution in [2.24, 2.45) is 17.1 Å². The minimum Gasteiger partial charge on any atom is -0.382 e. The number of benzene rings is 2. The molecule has 0 bridgehead atoms. The van der Waals surface area contributed by atoms with Gasteiger partial charge in [0, 0.05) is 46.8 Å². The van der Waals surface area contributed by atoms with Crippen LogP contribution in [0.5, 0.6) is 0 Å². The summed E-state index contributed by atoms with van der Waals surface area (Å²) in [6.07, 6.45) is 6.25. The summed E-state index contributed by atoms with van der Waals surface area (Å²) in [6, 6.07) is 10.4. The third kappa shape index (κ3) is 5.54. The fraction of sp³-hybridized carbons (Fsp3) is 0.485. The molecule has 3 aliphatic rings. The SMILES string of the molecule is CC1(C)CC(=O)n2c(c(-c3ccc(C(N)=O)c(NC4CCC(NC(=O)C5CCNCC5)CC4)c3)c3ccc(F)cc32)C1. The molecule has 1 aliphatic carbocycles. The molecule has 222 valence electrons. The van der Waals surface area contributed by atoms with Gasteiger partial charge in [0.25, 0.3) is 5.91 Å². The number of anilines is 1. The van der Waals surface area contributed by atoms with Gasteiger partial charge in [-0.25, -0.2) is 4.39 Å². The smallest absolute Gasteiger partial charge is 0.250 e. The van der Waals surface area contributed by atoms with Crippen LogP contribution in [-0.4, -0.2) is 47.5 Å². The molecule has 1 saturated carbocycles. The number of hydrogen-bond donors (Lipinski definition) is 4. The summed E-state index contributed by atoms with van der Waals surface area (Å²) in [4.78, 5) is 38.4. The Labute approximate surface area is 245 Å². The molecule has 8 nitrogen and oxygen atoms in total. The van der Waals surface area contributed by atoms with Crippen molar-refractivity contribution in [1.82, 2.24) is 15.2 Å².